The third-order valence-corrected chi connectivity index (χ3v) is 2.87. The summed E-state index contributed by atoms with van der Waals surface area (Å²) < 4.78 is 5.63. The first-order valence-corrected chi connectivity index (χ1v) is 7.09. The molecule has 1 aromatic rings. The molecule has 108 valence electrons. The summed E-state index contributed by atoms with van der Waals surface area (Å²) in [6, 6.07) is 8.17. The zero-order valence-electron chi connectivity index (χ0n) is 12.9. The highest BCUT2D eigenvalue weighted by atomic mass is 16.5. The summed E-state index contributed by atoms with van der Waals surface area (Å²) in [6.45, 7) is 10.5. The minimum atomic E-state index is 0.0526. The molecule has 0 fully saturated rings. The third-order valence-electron chi connectivity index (χ3n) is 2.87. The van der Waals surface area contributed by atoms with E-state index in [1.807, 2.05) is 26.0 Å². The van der Waals surface area contributed by atoms with Gasteiger partial charge in [0.15, 0.2) is 0 Å². The maximum Gasteiger partial charge on any atom is 0.119 e. The Balaban J connectivity index is 2.55. The first-order valence-electron chi connectivity index (χ1n) is 7.09. The number of rotatable bonds is 7. The van der Waals surface area contributed by atoms with E-state index in [4.69, 9.17) is 10.5 Å². The molecular weight excluding hydrogens is 236 g/mol. The Bertz CT molecular complexity index is 360. The van der Waals surface area contributed by atoms with Gasteiger partial charge in [0.2, 0.25) is 0 Å². The Morgan fingerprint density at radius 2 is 1.63 bits per heavy atom. The van der Waals surface area contributed by atoms with Crippen molar-refractivity contribution in [3.63, 3.8) is 0 Å². The summed E-state index contributed by atoms with van der Waals surface area (Å²) >= 11 is 0. The normalized spacial score (nSPS) is 13.3. The lowest BCUT2D eigenvalue weighted by atomic mass is 10.1. The highest BCUT2D eigenvalue weighted by Gasteiger charge is 2.10. The largest absolute Gasteiger partial charge is 0.491 e. The number of hydrogen-bond acceptors (Lipinski definition) is 3. The Morgan fingerprint density at radius 3 is 2.11 bits per heavy atom. The predicted octanol–water partition coefficient (Wildman–Crippen LogP) is 3.06. The fourth-order valence-electron chi connectivity index (χ4n) is 2.20. The van der Waals surface area contributed by atoms with Crippen LogP contribution in [0.5, 0.6) is 5.75 Å². The number of hydrogen-bond donors (Lipinski definition) is 1. The molecule has 0 saturated carbocycles. The first-order chi connectivity index (χ1) is 8.88. The minimum absolute atomic E-state index is 0.0526. The van der Waals surface area contributed by atoms with E-state index >= 15 is 0 Å². The molecule has 1 aromatic carbocycles. The summed E-state index contributed by atoms with van der Waals surface area (Å²) in [5.41, 5.74) is 7.40. The van der Waals surface area contributed by atoms with Crippen LogP contribution >= 0.6 is 0 Å². The fraction of sp³-hybridized carbons (Fsp3) is 0.625. The van der Waals surface area contributed by atoms with Crippen molar-refractivity contribution in [1.29, 1.82) is 0 Å². The molecule has 0 spiro atoms. The molecule has 0 aliphatic heterocycles. The second-order valence-corrected chi connectivity index (χ2v) is 5.96. The lowest BCUT2D eigenvalue weighted by molar-refractivity contribution is 0.242. The number of likely N-dealkylation sites (N-methyl/N-ethyl adjacent to an activating group) is 1. The summed E-state index contributed by atoms with van der Waals surface area (Å²) in [5, 5.41) is 0. The minimum Gasteiger partial charge on any atom is -0.491 e. The molecule has 1 unspecified atom stereocenters. The number of nitrogens with two attached hydrogens (primary N) is 1. The topological polar surface area (TPSA) is 38.5 Å². The van der Waals surface area contributed by atoms with Crippen LogP contribution in [0.4, 0.5) is 0 Å². The van der Waals surface area contributed by atoms with Crippen molar-refractivity contribution >= 4 is 0 Å². The Hall–Kier alpha value is -1.06. The monoisotopic (exact) mass is 264 g/mol. The van der Waals surface area contributed by atoms with E-state index in [1.54, 1.807) is 0 Å². The molecule has 3 heteroatoms. The van der Waals surface area contributed by atoms with E-state index in [2.05, 4.69) is 37.9 Å². The zero-order chi connectivity index (χ0) is 14.4. The van der Waals surface area contributed by atoms with Gasteiger partial charge in [0.1, 0.15) is 5.75 Å². The van der Waals surface area contributed by atoms with E-state index in [1.165, 1.54) is 0 Å². The summed E-state index contributed by atoms with van der Waals surface area (Å²) in [7, 11) is 2.12. The maximum atomic E-state index is 6.24. The standard InChI is InChI=1S/C16H28N2O/c1-12(2)10-18(5)11-16(17)14-6-8-15(9-7-14)19-13(3)4/h6-9,12-13,16H,10-11,17H2,1-5H3. The maximum absolute atomic E-state index is 6.24. The van der Waals surface area contributed by atoms with E-state index in [0.717, 1.165) is 24.4 Å². The van der Waals surface area contributed by atoms with Crippen molar-refractivity contribution in [2.75, 3.05) is 20.1 Å². The SMILES string of the molecule is CC(C)CN(C)CC(N)c1ccc(OC(C)C)cc1. The van der Waals surface area contributed by atoms with Crippen LogP contribution in [-0.4, -0.2) is 31.1 Å². The summed E-state index contributed by atoms with van der Waals surface area (Å²) in [6.07, 6.45) is 0.205. The third kappa shape index (κ3) is 6.08. The van der Waals surface area contributed by atoms with Crippen molar-refractivity contribution < 1.29 is 4.74 Å². The highest BCUT2D eigenvalue weighted by molar-refractivity contribution is 5.29. The van der Waals surface area contributed by atoms with E-state index in [9.17, 15) is 0 Å². The van der Waals surface area contributed by atoms with Gasteiger partial charge in [-0.3, -0.25) is 0 Å². The van der Waals surface area contributed by atoms with Gasteiger partial charge < -0.3 is 15.4 Å². The molecule has 0 heterocycles. The van der Waals surface area contributed by atoms with Crippen molar-refractivity contribution in [3.05, 3.63) is 29.8 Å². The Kier molecular flexibility index (Phi) is 6.32. The van der Waals surface area contributed by atoms with Crippen LogP contribution in [0.2, 0.25) is 0 Å². The molecule has 0 radical (unpaired) electrons. The quantitative estimate of drug-likeness (QED) is 0.822. The first kappa shape index (κ1) is 16.0. The van der Waals surface area contributed by atoms with Crippen molar-refractivity contribution in [3.8, 4) is 5.75 Å². The Labute approximate surface area is 117 Å². The number of benzene rings is 1. The van der Waals surface area contributed by atoms with E-state index in [-0.39, 0.29) is 12.1 Å². The van der Waals surface area contributed by atoms with Crippen LogP contribution in [0.15, 0.2) is 24.3 Å². The van der Waals surface area contributed by atoms with Gasteiger partial charge in [0.05, 0.1) is 6.10 Å². The zero-order valence-corrected chi connectivity index (χ0v) is 12.9. The molecule has 1 atom stereocenters. The van der Waals surface area contributed by atoms with Crippen LogP contribution in [0.1, 0.15) is 39.3 Å². The van der Waals surface area contributed by atoms with E-state index < -0.39 is 0 Å². The number of ether oxygens (including phenoxy) is 1. The van der Waals surface area contributed by atoms with Gasteiger partial charge in [0.25, 0.3) is 0 Å². The molecule has 2 N–H and O–H groups in total. The lowest BCUT2D eigenvalue weighted by Gasteiger charge is -2.23. The van der Waals surface area contributed by atoms with Crippen molar-refractivity contribution in [1.82, 2.24) is 4.90 Å². The fourth-order valence-corrected chi connectivity index (χ4v) is 2.20. The Morgan fingerprint density at radius 1 is 1.05 bits per heavy atom. The molecule has 0 aliphatic rings. The molecule has 0 amide bonds. The summed E-state index contributed by atoms with van der Waals surface area (Å²) in [5.74, 6) is 1.57. The van der Waals surface area contributed by atoms with Crippen LogP contribution in [0.25, 0.3) is 0 Å². The van der Waals surface area contributed by atoms with Gasteiger partial charge in [-0.1, -0.05) is 26.0 Å². The molecule has 3 nitrogen and oxygen atoms in total. The van der Waals surface area contributed by atoms with Gasteiger partial charge in [-0.15, -0.1) is 0 Å². The average molecular weight is 264 g/mol. The predicted molar refractivity (Wildman–Crippen MR) is 81.5 cm³/mol. The van der Waals surface area contributed by atoms with Crippen LogP contribution in [-0.2, 0) is 0 Å². The molecular formula is C16H28N2O. The highest BCUT2D eigenvalue weighted by Crippen LogP contribution is 2.18. The second kappa shape index (κ2) is 7.51. The molecule has 0 bridgehead atoms. The average Bonchev–Trinajstić information content (AvgIpc) is 2.27. The van der Waals surface area contributed by atoms with Gasteiger partial charge >= 0.3 is 0 Å². The van der Waals surface area contributed by atoms with Gasteiger partial charge in [-0.2, -0.15) is 0 Å². The molecule has 0 saturated heterocycles. The van der Waals surface area contributed by atoms with Crippen molar-refractivity contribution in [2.45, 2.75) is 39.8 Å². The molecule has 1 rings (SSSR count). The van der Waals surface area contributed by atoms with Crippen LogP contribution in [0.3, 0.4) is 0 Å². The van der Waals surface area contributed by atoms with Gasteiger partial charge in [-0.25, -0.2) is 0 Å². The van der Waals surface area contributed by atoms with Crippen molar-refractivity contribution in [2.24, 2.45) is 11.7 Å². The van der Waals surface area contributed by atoms with Gasteiger partial charge in [0, 0.05) is 19.1 Å². The summed E-state index contributed by atoms with van der Waals surface area (Å²) in [4.78, 5) is 2.29. The molecule has 0 aromatic heterocycles. The second-order valence-electron chi connectivity index (χ2n) is 5.96. The van der Waals surface area contributed by atoms with E-state index in [0.29, 0.717) is 5.92 Å². The lowest BCUT2D eigenvalue weighted by Crippen LogP contribution is -2.31. The van der Waals surface area contributed by atoms with Crippen LogP contribution in [0, 0.1) is 5.92 Å². The number of nitrogens with zero attached hydrogens (tertiary/aromatic N) is 1. The smallest absolute Gasteiger partial charge is 0.119 e. The van der Waals surface area contributed by atoms with Gasteiger partial charge in [-0.05, 0) is 44.5 Å². The van der Waals surface area contributed by atoms with Crippen LogP contribution < -0.4 is 10.5 Å². The molecule has 0 aliphatic carbocycles. The molecule has 19 heavy (non-hydrogen) atoms.